The number of aromatic nitrogens is 3. The highest BCUT2D eigenvalue weighted by molar-refractivity contribution is 7.93. The number of halogens is 2. The second-order valence-corrected chi connectivity index (χ2v) is 9.33. The van der Waals surface area contributed by atoms with Gasteiger partial charge in [0.05, 0.1) is 10.9 Å². The van der Waals surface area contributed by atoms with Crippen LogP contribution in [0.25, 0.3) is 11.3 Å². The van der Waals surface area contributed by atoms with E-state index in [1.54, 1.807) is 20.0 Å². The summed E-state index contributed by atoms with van der Waals surface area (Å²) in [6.07, 6.45) is 1.49. The molecule has 0 aliphatic rings. The fourth-order valence-electron chi connectivity index (χ4n) is 2.62. The molecule has 0 amide bonds. The third-order valence-corrected chi connectivity index (χ3v) is 6.08. The maximum Gasteiger partial charge on any atom is 0.324 e. The molecular weight excluding hydrogens is 430 g/mol. The third-order valence-electron chi connectivity index (χ3n) is 4.34. The first-order valence-corrected chi connectivity index (χ1v) is 10.7. The lowest BCUT2D eigenvalue weighted by atomic mass is 10.1. The molecule has 2 heterocycles. The van der Waals surface area contributed by atoms with E-state index in [1.807, 2.05) is 0 Å². The van der Waals surface area contributed by atoms with Crippen LogP contribution in [0.4, 0.5) is 14.6 Å². The smallest absolute Gasteiger partial charge is 0.324 e. The summed E-state index contributed by atoms with van der Waals surface area (Å²) in [6.45, 7) is 4.57. The van der Waals surface area contributed by atoms with Crippen LogP contribution in [0.3, 0.4) is 0 Å². The minimum absolute atomic E-state index is 0.156. The molecule has 1 aromatic carbocycles. The van der Waals surface area contributed by atoms with Crippen LogP contribution in [0.5, 0.6) is 11.8 Å². The zero-order valence-electron chi connectivity index (χ0n) is 17.2. The van der Waals surface area contributed by atoms with E-state index in [0.717, 1.165) is 12.1 Å². The maximum atomic E-state index is 14.0. The summed E-state index contributed by atoms with van der Waals surface area (Å²) in [5.41, 5.74) is 0.835. The largest absolute Gasteiger partial charge is 0.418 e. The quantitative estimate of drug-likeness (QED) is 0.618. The Morgan fingerprint density at radius 3 is 2.35 bits per heavy atom. The van der Waals surface area contributed by atoms with Crippen LogP contribution in [0, 0.1) is 18.6 Å². The number of nitrogens with one attached hydrogen (secondary N) is 1. The first-order valence-electron chi connectivity index (χ1n) is 9.18. The highest BCUT2D eigenvalue weighted by Crippen LogP contribution is 2.29. The van der Waals surface area contributed by atoms with E-state index < -0.39 is 38.7 Å². The summed E-state index contributed by atoms with van der Waals surface area (Å²) in [6, 6.07) is 5.59. The molecule has 0 fully saturated rings. The molecule has 1 N–H and O–H groups in total. The van der Waals surface area contributed by atoms with Crippen molar-refractivity contribution in [1.29, 1.82) is 0 Å². The molecule has 0 saturated heterocycles. The Hall–Kier alpha value is -3.34. The van der Waals surface area contributed by atoms with Gasteiger partial charge >= 0.3 is 6.01 Å². The summed E-state index contributed by atoms with van der Waals surface area (Å²) in [4.78, 5) is 20.1. The van der Waals surface area contributed by atoms with Crippen molar-refractivity contribution in [3.63, 3.8) is 0 Å². The SMILES string of the molecule is Cc1cc(-c2cc(NS(=O)(=O)C(C)C)nc(Oc3c(F)cccc3F)n2)cn(C)c1=O. The van der Waals surface area contributed by atoms with Crippen LogP contribution in [0.2, 0.25) is 0 Å². The van der Waals surface area contributed by atoms with Gasteiger partial charge in [-0.05, 0) is 39.0 Å². The normalized spacial score (nSPS) is 11.6. The van der Waals surface area contributed by atoms with Crippen LogP contribution in [-0.4, -0.2) is 28.2 Å². The van der Waals surface area contributed by atoms with Crippen molar-refractivity contribution in [3.8, 4) is 23.0 Å². The summed E-state index contributed by atoms with van der Waals surface area (Å²) < 4.78 is 61.5. The molecule has 2 aromatic heterocycles. The standard InChI is InChI=1S/C20H20F2N4O4S/c1-11(2)31(28,29)25-17-9-16(13-8-12(3)19(27)26(4)10-13)23-20(24-17)30-18-14(21)6-5-7-15(18)22/h5-11H,1-4H3,(H,23,24,25). The van der Waals surface area contributed by atoms with Gasteiger partial charge in [0.15, 0.2) is 11.6 Å². The summed E-state index contributed by atoms with van der Waals surface area (Å²) >= 11 is 0. The van der Waals surface area contributed by atoms with Gasteiger partial charge in [-0.1, -0.05) is 6.07 Å². The van der Waals surface area contributed by atoms with Crippen molar-refractivity contribution in [2.24, 2.45) is 7.05 Å². The van der Waals surface area contributed by atoms with Gasteiger partial charge in [-0.2, -0.15) is 9.97 Å². The average molecular weight is 450 g/mol. The summed E-state index contributed by atoms with van der Waals surface area (Å²) in [7, 11) is -2.23. The van der Waals surface area contributed by atoms with Crippen LogP contribution >= 0.6 is 0 Å². The number of sulfonamides is 1. The molecule has 3 aromatic rings. The Morgan fingerprint density at radius 2 is 1.77 bits per heavy atom. The number of benzene rings is 1. The summed E-state index contributed by atoms with van der Waals surface area (Å²) in [5.74, 6) is -2.83. The number of ether oxygens (including phenoxy) is 1. The Morgan fingerprint density at radius 1 is 1.13 bits per heavy atom. The zero-order chi connectivity index (χ0) is 22.9. The summed E-state index contributed by atoms with van der Waals surface area (Å²) in [5, 5.41) is -0.765. The van der Waals surface area contributed by atoms with Gasteiger partial charge in [-0.25, -0.2) is 17.2 Å². The maximum absolute atomic E-state index is 14.0. The van der Waals surface area contributed by atoms with E-state index in [1.165, 1.54) is 36.7 Å². The third kappa shape index (κ3) is 4.88. The van der Waals surface area contributed by atoms with Gasteiger partial charge in [0.2, 0.25) is 15.8 Å². The number of hydrogen-bond donors (Lipinski definition) is 1. The molecule has 0 aliphatic heterocycles. The monoisotopic (exact) mass is 450 g/mol. The fourth-order valence-corrected chi connectivity index (χ4v) is 3.26. The molecule has 0 aliphatic carbocycles. The van der Waals surface area contributed by atoms with Gasteiger partial charge in [0.25, 0.3) is 5.56 Å². The van der Waals surface area contributed by atoms with Gasteiger partial charge in [0, 0.05) is 30.4 Å². The Bertz CT molecular complexity index is 1260. The van der Waals surface area contributed by atoms with Crippen LogP contribution in [0.15, 0.2) is 41.3 Å². The highest BCUT2D eigenvalue weighted by Gasteiger charge is 2.20. The average Bonchev–Trinajstić information content (AvgIpc) is 2.68. The van der Waals surface area contributed by atoms with E-state index in [-0.39, 0.29) is 17.1 Å². The van der Waals surface area contributed by atoms with E-state index in [4.69, 9.17) is 4.74 Å². The minimum Gasteiger partial charge on any atom is -0.418 e. The number of aryl methyl sites for hydroxylation is 2. The molecule has 0 atom stereocenters. The molecule has 31 heavy (non-hydrogen) atoms. The molecular formula is C20H20F2N4O4S. The van der Waals surface area contributed by atoms with Gasteiger partial charge in [0.1, 0.15) is 5.82 Å². The molecule has 0 bridgehead atoms. The number of rotatable bonds is 6. The van der Waals surface area contributed by atoms with Crippen molar-refractivity contribution >= 4 is 15.8 Å². The number of pyridine rings is 1. The Balaban J connectivity index is 2.16. The van der Waals surface area contributed by atoms with Crippen LogP contribution < -0.4 is 15.0 Å². The number of para-hydroxylation sites is 1. The lowest BCUT2D eigenvalue weighted by molar-refractivity contribution is 0.383. The van der Waals surface area contributed by atoms with E-state index in [9.17, 15) is 22.0 Å². The van der Waals surface area contributed by atoms with Gasteiger partial charge < -0.3 is 9.30 Å². The molecule has 0 saturated carbocycles. The van der Waals surface area contributed by atoms with Crippen molar-refractivity contribution in [2.45, 2.75) is 26.0 Å². The van der Waals surface area contributed by atoms with Crippen molar-refractivity contribution in [2.75, 3.05) is 4.72 Å². The molecule has 164 valence electrons. The molecule has 3 rings (SSSR count). The predicted molar refractivity (Wildman–Crippen MR) is 112 cm³/mol. The number of hydrogen-bond acceptors (Lipinski definition) is 6. The first-order chi connectivity index (χ1) is 14.5. The van der Waals surface area contributed by atoms with E-state index >= 15 is 0 Å². The second-order valence-electron chi connectivity index (χ2n) is 7.10. The molecule has 0 unspecified atom stereocenters. The molecule has 11 heteroatoms. The number of nitrogens with zero attached hydrogens (tertiary/aromatic N) is 3. The van der Waals surface area contributed by atoms with Crippen LogP contribution in [-0.2, 0) is 17.1 Å². The Kier molecular flexibility index (Phi) is 6.07. The molecule has 0 spiro atoms. The predicted octanol–water partition coefficient (Wildman–Crippen LogP) is 3.37. The van der Waals surface area contributed by atoms with Crippen LogP contribution in [0.1, 0.15) is 19.4 Å². The van der Waals surface area contributed by atoms with Crippen molar-refractivity contribution in [3.05, 3.63) is 64.1 Å². The zero-order valence-corrected chi connectivity index (χ0v) is 18.0. The van der Waals surface area contributed by atoms with E-state index in [0.29, 0.717) is 11.1 Å². The number of anilines is 1. The first kappa shape index (κ1) is 22.3. The van der Waals surface area contributed by atoms with Gasteiger partial charge in [-0.15, -0.1) is 0 Å². The highest BCUT2D eigenvalue weighted by atomic mass is 32.2. The second kappa shape index (κ2) is 8.42. The van der Waals surface area contributed by atoms with Crippen molar-refractivity contribution in [1.82, 2.24) is 14.5 Å². The lowest BCUT2D eigenvalue weighted by Crippen LogP contribution is -2.23. The molecule has 8 nitrogen and oxygen atoms in total. The minimum atomic E-state index is -3.78. The molecule has 0 radical (unpaired) electrons. The topological polar surface area (TPSA) is 103 Å². The van der Waals surface area contributed by atoms with E-state index in [2.05, 4.69) is 14.7 Å². The lowest BCUT2D eigenvalue weighted by Gasteiger charge is -2.14. The van der Waals surface area contributed by atoms with Gasteiger partial charge in [-0.3, -0.25) is 9.52 Å². The Labute approximate surface area is 177 Å². The van der Waals surface area contributed by atoms with Crippen molar-refractivity contribution < 1.29 is 21.9 Å². The fraction of sp³-hybridized carbons (Fsp3) is 0.250.